The topological polar surface area (TPSA) is 32.3 Å². The zero-order valence-corrected chi connectivity index (χ0v) is 12.7. The van der Waals surface area contributed by atoms with E-state index in [-0.39, 0.29) is 30.2 Å². The van der Waals surface area contributed by atoms with Gasteiger partial charge in [0.1, 0.15) is 5.82 Å². The Kier molecular flexibility index (Phi) is 4.45. The van der Waals surface area contributed by atoms with Crippen LogP contribution in [0.5, 0.6) is 0 Å². The van der Waals surface area contributed by atoms with Crippen molar-refractivity contribution < 1.29 is 9.18 Å². The molecule has 1 aliphatic carbocycles. The van der Waals surface area contributed by atoms with E-state index in [1.165, 1.54) is 6.07 Å². The van der Waals surface area contributed by atoms with Gasteiger partial charge < -0.3 is 10.2 Å². The van der Waals surface area contributed by atoms with E-state index in [9.17, 15) is 9.18 Å². The number of nitrogens with one attached hydrogen (secondary N) is 1. The van der Waals surface area contributed by atoms with Crippen LogP contribution in [0.2, 0.25) is 5.02 Å². The van der Waals surface area contributed by atoms with Gasteiger partial charge in [0.25, 0.3) is 0 Å². The second-order valence-electron chi connectivity index (χ2n) is 5.94. The van der Waals surface area contributed by atoms with Crippen molar-refractivity contribution in [2.45, 2.75) is 38.3 Å². The van der Waals surface area contributed by atoms with Gasteiger partial charge in [0, 0.05) is 23.2 Å². The molecule has 1 aliphatic heterocycles. The number of carbonyl (C=O) groups is 1. The largest absolute Gasteiger partial charge is 0.335 e. The molecule has 2 fully saturated rings. The van der Waals surface area contributed by atoms with Crippen LogP contribution < -0.4 is 5.32 Å². The predicted molar refractivity (Wildman–Crippen MR) is 80.6 cm³/mol. The van der Waals surface area contributed by atoms with Crippen molar-refractivity contribution in [1.82, 2.24) is 10.2 Å². The first kappa shape index (κ1) is 14.8. The van der Waals surface area contributed by atoms with Crippen molar-refractivity contribution in [3.63, 3.8) is 0 Å². The molecule has 0 aromatic heterocycles. The Balaban J connectivity index is 1.77. The zero-order chi connectivity index (χ0) is 14.8. The van der Waals surface area contributed by atoms with E-state index in [1.54, 1.807) is 12.1 Å². The molecule has 3 nitrogen and oxygen atoms in total. The van der Waals surface area contributed by atoms with Crippen molar-refractivity contribution in [3.8, 4) is 0 Å². The highest BCUT2D eigenvalue weighted by Gasteiger charge is 2.36. The zero-order valence-electron chi connectivity index (χ0n) is 11.9. The molecule has 1 amide bonds. The molecule has 5 heteroatoms. The molecule has 1 unspecified atom stereocenters. The Morgan fingerprint density at radius 3 is 2.81 bits per heavy atom. The molecule has 0 spiro atoms. The summed E-state index contributed by atoms with van der Waals surface area (Å²) >= 11 is 6.10. The van der Waals surface area contributed by atoms with E-state index in [4.69, 9.17) is 11.6 Å². The van der Waals surface area contributed by atoms with E-state index < -0.39 is 0 Å². The maximum atomic E-state index is 14.0. The summed E-state index contributed by atoms with van der Waals surface area (Å²) in [5, 5.41) is 3.67. The normalized spacial score (nSPS) is 22.1. The fraction of sp³-hybridized carbons (Fsp3) is 0.562. The molecule has 114 valence electrons. The molecule has 0 radical (unpaired) electrons. The number of piperidine rings is 1. The second kappa shape index (κ2) is 6.32. The summed E-state index contributed by atoms with van der Waals surface area (Å²) in [6, 6.07) is 4.93. The van der Waals surface area contributed by atoms with Gasteiger partial charge in [-0.15, -0.1) is 0 Å². The van der Waals surface area contributed by atoms with E-state index in [0.29, 0.717) is 10.6 Å². The summed E-state index contributed by atoms with van der Waals surface area (Å²) in [6.45, 7) is 1.99. The SMILES string of the molecule is O=C(C1CCCNC1)N(Cc1c(F)cccc1Cl)C1CC1. The van der Waals surface area contributed by atoms with E-state index in [0.717, 1.165) is 38.8 Å². The molecule has 1 heterocycles. The maximum absolute atomic E-state index is 14.0. The Hall–Kier alpha value is -1.13. The van der Waals surface area contributed by atoms with E-state index >= 15 is 0 Å². The van der Waals surface area contributed by atoms with Gasteiger partial charge in [0.2, 0.25) is 5.91 Å². The smallest absolute Gasteiger partial charge is 0.227 e. The number of amides is 1. The summed E-state index contributed by atoms with van der Waals surface area (Å²) in [7, 11) is 0. The molecule has 3 rings (SSSR count). The Morgan fingerprint density at radius 2 is 2.19 bits per heavy atom. The van der Waals surface area contributed by atoms with E-state index in [2.05, 4.69) is 5.32 Å². The lowest BCUT2D eigenvalue weighted by atomic mass is 9.97. The van der Waals surface area contributed by atoms with Crippen molar-refractivity contribution in [2.24, 2.45) is 5.92 Å². The number of nitrogens with zero attached hydrogens (tertiary/aromatic N) is 1. The number of halogens is 2. The molecule has 1 atom stereocenters. The lowest BCUT2D eigenvalue weighted by Gasteiger charge is -2.30. The highest BCUT2D eigenvalue weighted by molar-refractivity contribution is 6.31. The van der Waals surface area contributed by atoms with Gasteiger partial charge in [-0.1, -0.05) is 17.7 Å². The van der Waals surface area contributed by atoms with Crippen LogP contribution in [-0.4, -0.2) is 29.9 Å². The Morgan fingerprint density at radius 1 is 1.38 bits per heavy atom. The van der Waals surface area contributed by atoms with E-state index in [1.807, 2.05) is 4.90 Å². The summed E-state index contributed by atoms with van der Waals surface area (Å²) in [4.78, 5) is 14.6. The molecule has 1 aromatic carbocycles. The van der Waals surface area contributed by atoms with Gasteiger partial charge >= 0.3 is 0 Å². The van der Waals surface area contributed by atoms with Crippen molar-refractivity contribution in [1.29, 1.82) is 0 Å². The lowest BCUT2D eigenvalue weighted by molar-refractivity contribution is -0.137. The molecule has 1 aromatic rings. The van der Waals surface area contributed by atoms with Gasteiger partial charge in [-0.2, -0.15) is 0 Å². The quantitative estimate of drug-likeness (QED) is 0.927. The second-order valence-corrected chi connectivity index (χ2v) is 6.35. The molecule has 21 heavy (non-hydrogen) atoms. The summed E-state index contributed by atoms with van der Waals surface area (Å²) in [5.41, 5.74) is 0.434. The van der Waals surface area contributed by atoms with Crippen molar-refractivity contribution in [2.75, 3.05) is 13.1 Å². The molecule has 1 N–H and O–H groups in total. The highest BCUT2D eigenvalue weighted by Crippen LogP contribution is 2.32. The van der Waals surface area contributed by atoms with Gasteiger partial charge in [0.15, 0.2) is 0 Å². The number of hydrogen-bond acceptors (Lipinski definition) is 2. The minimum atomic E-state index is -0.331. The van der Waals surface area contributed by atoms with Crippen LogP contribution in [0.15, 0.2) is 18.2 Å². The summed E-state index contributed by atoms with van der Waals surface area (Å²) in [5.74, 6) is -0.170. The van der Waals surface area contributed by atoms with Crippen molar-refractivity contribution >= 4 is 17.5 Å². The Labute approximate surface area is 129 Å². The molecule has 1 saturated carbocycles. The molecule has 1 saturated heterocycles. The van der Waals surface area contributed by atoms with Gasteiger partial charge in [-0.05, 0) is 44.4 Å². The first-order chi connectivity index (χ1) is 10.2. The molecule has 2 aliphatic rings. The monoisotopic (exact) mass is 310 g/mol. The minimum absolute atomic E-state index is 0.0184. The fourth-order valence-corrected chi connectivity index (χ4v) is 3.15. The third kappa shape index (κ3) is 3.38. The third-order valence-corrected chi connectivity index (χ3v) is 4.66. The average molecular weight is 311 g/mol. The number of hydrogen-bond donors (Lipinski definition) is 1. The van der Waals surface area contributed by atoms with Gasteiger partial charge in [-0.3, -0.25) is 4.79 Å². The first-order valence-corrected chi connectivity index (χ1v) is 7.98. The van der Waals surface area contributed by atoms with Crippen LogP contribution in [0.25, 0.3) is 0 Å². The molecular formula is C16H20ClFN2O. The number of benzene rings is 1. The maximum Gasteiger partial charge on any atom is 0.227 e. The average Bonchev–Trinajstić information content (AvgIpc) is 3.32. The molecule has 0 bridgehead atoms. The summed E-state index contributed by atoms with van der Waals surface area (Å²) < 4.78 is 14.0. The molecular weight excluding hydrogens is 291 g/mol. The van der Waals surface area contributed by atoms with Crippen LogP contribution in [0.4, 0.5) is 4.39 Å². The third-order valence-electron chi connectivity index (χ3n) is 4.31. The summed E-state index contributed by atoms with van der Waals surface area (Å²) in [6.07, 6.45) is 3.96. The first-order valence-electron chi connectivity index (χ1n) is 7.61. The highest BCUT2D eigenvalue weighted by atomic mass is 35.5. The predicted octanol–water partition coefficient (Wildman–Crippen LogP) is 2.97. The number of rotatable bonds is 4. The minimum Gasteiger partial charge on any atom is -0.335 e. The van der Waals surface area contributed by atoms with Crippen molar-refractivity contribution in [3.05, 3.63) is 34.6 Å². The van der Waals surface area contributed by atoms with Crippen LogP contribution in [0.1, 0.15) is 31.2 Å². The van der Waals surface area contributed by atoms with Gasteiger partial charge in [-0.25, -0.2) is 4.39 Å². The Bertz CT molecular complexity index is 507. The van der Waals surface area contributed by atoms with Crippen LogP contribution in [-0.2, 0) is 11.3 Å². The fourth-order valence-electron chi connectivity index (χ4n) is 2.92. The number of carbonyl (C=O) groups excluding carboxylic acids is 1. The van der Waals surface area contributed by atoms with Crippen LogP contribution >= 0.6 is 11.6 Å². The van der Waals surface area contributed by atoms with Gasteiger partial charge in [0.05, 0.1) is 12.5 Å². The van der Waals surface area contributed by atoms with Crippen LogP contribution in [0.3, 0.4) is 0 Å². The lowest BCUT2D eigenvalue weighted by Crippen LogP contribution is -2.43. The standard InChI is InChI=1S/C16H20ClFN2O/c17-14-4-1-5-15(18)13(14)10-20(12-6-7-12)16(21)11-3-2-8-19-9-11/h1,4-5,11-12,19H,2-3,6-10H2. The van der Waals surface area contributed by atoms with Crippen LogP contribution in [0, 0.1) is 11.7 Å².